The second-order valence-corrected chi connectivity index (χ2v) is 8.41. The second-order valence-electron chi connectivity index (χ2n) is 8.41. The number of piperidine rings is 1. The molecule has 0 radical (unpaired) electrons. The molecule has 9 nitrogen and oxygen atoms in total. The number of aromatic nitrogens is 2. The molecule has 2 N–H and O–H groups in total. The number of fused-ring (bicyclic) bond motifs is 1. The third-order valence-electron chi connectivity index (χ3n) is 6.21. The Balaban J connectivity index is 1.72. The van der Waals surface area contributed by atoms with Crippen LogP contribution in [0.5, 0.6) is 0 Å². The van der Waals surface area contributed by atoms with Gasteiger partial charge in [-0.1, -0.05) is 0 Å². The van der Waals surface area contributed by atoms with E-state index in [1.807, 2.05) is 18.0 Å². The van der Waals surface area contributed by atoms with Crippen LogP contribution in [0.1, 0.15) is 35.8 Å². The maximum atomic E-state index is 12.7. The normalized spacial score (nSPS) is 19.3. The van der Waals surface area contributed by atoms with Gasteiger partial charge in [0.2, 0.25) is 0 Å². The van der Waals surface area contributed by atoms with Crippen LogP contribution in [0.2, 0.25) is 0 Å². The number of nitrogens with one attached hydrogen (secondary N) is 2. The number of pyridine rings is 2. The van der Waals surface area contributed by atoms with Crippen LogP contribution in [0.4, 0.5) is 5.69 Å². The number of carbonyl (C=O) groups excluding carboxylic acids is 1. The Morgan fingerprint density at radius 3 is 2.67 bits per heavy atom. The van der Waals surface area contributed by atoms with Gasteiger partial charge in [0, 0.05) is 33.3 Å². The molecule has 2 aromatic heterocycles. The van der Waals surface area contributed by atoms with Crippen molar-refractivity contribution in [3.05, 3.63) is 33.7 Å². The molecule has 2 aliphatic rings. The monoisotopic (exact) mass is 410 g/mol. The van der Waals surface area contributed by atoms with Crippen molar-refractivity contribution in [3.8, 4) is 6.07 Å². The molecule has 0 spiro atoms. The standard InChI is InChI=1S/C21H26N6O3/c1-21(30-3)6-8-27(9-7-21)18-14(10-22)19(28)25-15-4-5-16(24-17(15)18)20(29)23-13-11-26(2)12-13/h4-5,13H,6-9,11-12H2,1-3H3,(H,23,29)(H,25,28). The molecule has 9 heteroatoms. The van der Waals surface area contributed by atoms with Crippen molar-refractivity contribution in [2.24, 2.45) is 0 Å². The summed E-state index contributed by atoms with van der Waals surface area (Å²) >= 11 is 0. The van der Waals surface area contributed by atoms with E-state index in [-0.39, 0.29) is 28.8 Å². The van der Waals surface area contributed by atoms with Crippen LogP contribution in [0.25, 0.3) is 11.0 Å². The van der Waals surface area contributed by atoms with Crippen molar-refractivity contribution < 1.29 is 9.53 Å². The van der Waals surface area contributed by atoms with Gasteiger partial charge in [-0.15, -0.1) is 0 Å². The summed E-state index contributed by atoms with van der Waals surface area (Å²) in [6.07, 6.45) is 1.52. The molecule has 0 atom stereocenters. The van der Waals surface area contributed by atoms with Gasteiger partial charge in [0.25, 0.3) is 11.5 Å². The van der Waals surface area contributed by atoms with Crippen LogP contribution in [0, 0.1) is 11.3 Å². The fourth-order valence-corrected chi connectivity index (χ4v) is 4.15. The molecule has 1 amide bonds. The molecular formula is C21H26N6O3. The first kappa shape index (κ1) is 20.3. The maximum absolute atomic E-state index is 12.7. The SMILES string of the molecule is COC1(C)CCN(c2c(C#N)c(=O)[nH]c3ccc(C(=O)NC4CN(C)C4)nc23)CC1. The Morgan fingerprint density at radius 2 is 2.07 bits per heavy atom. The maximum Gasteiger partial charge on any atom is 0.270 e. The van der Waals surface area contributed by atoms with Crippen molar-refractivity contribution in [2.75, 3.05) is 45.2 Å². The minimum atomic E-state index is -0.448. The zero-order valence-electron chi connectivity index (χ0n) is 17.5. The van der Waals surface area contributed by atoms with E-state index < -0.39 is 5.56 Å². The molecule has 4 heterocycles. The number of methoxy groups -OCH3 is 1. The minimum absolute atomic E-state index is 0.0224. The van der Waals surface area contributed by atoms with Gasteiger partial charge in [0.15, 0.2) is 0 Å². The highest BCUT2D eigenvalue weighted by atomic mass is 16.5. The van der Waals surface area contributed by atoms with Gasteiger partial charge >= 0.3 is 0 Å². The molecule has 2 aromatic rings. The van der Waals surface area contributed by atoms with Crippen molar-refractivity contribution >= 4 is 22.6 Å². The Morgan fingerprint density at radius 1 is 1.37 bits per heavy atom. The topological polar surface area (TPSA) is 114 Å². The highest BCUT2D eigenvalue weighted by Gasteiger charge is 2.32. The fraction of sp³-hybridized carbons (Fsp3) is 0.524. The summed E-state index contributed by atoms with van der Waals surface area (Å²) in [7, 11) is 3.70. The van der Waals surface area contributed by atoms with Crippen molar-refractivity contribution in [1.82, 2.24) is 20.2 Å². The largest absolute Gasteiger partial charge is 0.378 e. The van der Waals surface area contributed by atoms with Gasteiger partial charge < -0.3 is 24.8 Å². The molecule has 0 aliphatic carbocycles. The van der Waals surface area contributed by atoms with Crippen molar-refractivity contribution in [1.29, 1.82) is 5.26 Å². The molecular weight excluding hydrogens is 384 g/mol. The molecule has 0 bridgehead atoms. The number of likely N-dealkylation sites (N-methyl/N-ethyl adjacent to an activating group) is 1. The van der Waals surface area contributed by atoms with Gasteiger partial charge in [-0.2, -0.15) is 5.26 Å². The van der Waals surface area contributed by atoms with E-state index >= 15 is 0 Å². The van der Waals surface area contributed by atoms with Gasteiger partial charge in [-0.25, -0.2) is 4.98 Å². The molecule has 0 aromatic carbocycles. The number of carbonyl (C=O) groups is 1. The minimum Gasteiger partial charge on any atom is -0.378 e. The number of anilines is 1. The van der Waals surface area contributed by atoms with Crippen LogP contribution in [0.3, 0.4) is 0 Å². The fourth-order valence-electron chi connectivity index (χ4n) is 4.15. The average molecular weight is 410 g/mol. The molecule has 158 valence electrons. The van der Waals surface area contributed by atoms with Crippen LogP contribution >= 0.6 is 0 Å². The number of nitriles is 1. The molecule has 0 saturated carbocycles. The summed E-state index contributed by atoms with van der Waals surface area (Å²) < 4.78 is 5.61. The third-order valence-corrected chi connectivity index (χ3v) is 6.21. The molecule has 2 fully saturated rings. The van der Waals surface area contributed by atoms with E-state index in [1.165, 1.54) is 0 Å². The predicted octanol–water partition coefficient (Wildman–Crippen LogP) is 0.844. The first-order valence-corrected chi connectivity index (χ1v) is 10.1. The van der Waals surface area contributed by atoms with Crippen molar-refractivity contribution in [3.63, 3.8) is 0 Å². The van der Waals surface area contributed by atoms with Gasteiger partial charge in [-0.05, 0) is 38.9 Å². The van der Waals surface area contributed by atoms with Gasteiger partial charge in [0.05, 0.1) is 22.8 Å². The summed E-state index contributed by atoms with van der Waals surface area (Å²) in [5.74, 6) is -0.253. The van der Waals surface area contributed by atoms with E-state index in [0.29, 0.717) is 29.8 Å². The molecule has 4 rings (SSSR count). The first-order valence-electron chi connectivity index (χ1n) is 10.1. The number of amides is 1. The van der Waals surface area contributed by atoms with Gasteiger partial charge in [-0.3, -0.25) is 9.59 Å². The lowest BCUT2D eigenvalue weighted by molar-refractivity contribution is -0.0132. The number of ether oxygens (including phenoxy) is 1. The highest BCUT2D eigenvalue weighted by molar-refractivity contribution is 5.98. The Kier molecular flexibility index (Phi) is 5.22. The lowest BCUT2D eigenvalue weighted by atomic mass is 9.92. The number of nitrogens with zero attached hydrogens (tertiary/aromatic N) is 4. The zero-order chi connectivity index (χ0) is 21.5. The first-order chi connectivity index (χ1) is 14.3. The summed E-state index contributed by atoms with van der Waals surface area (Å²) in [5, 5.41) is 12.6. The Labute approximate surface area is 174 Å². The van der Waals surface area contributed by atoms with Crippen LogP contribution in [0.15, 0.2) is 16.9 Å². The summed E-state index contributed by atoms with van der Waals surface area (Å²) in [6, 6.07) is 5.42. The number of hydrogen-bond donors (Lipinski definition) is 2. The van der Waals surface area contributed by atoms with Gasteiger partial charge in [0.1, 0.15) is 22.8 Å². The zero-order valence-corrected chi connectivity index (χ0v) is 17.5. The van der Waals surface area contributed by atoms with Crippen molar-refractivity contribution in [2.45, 2.75) is 31.4 Å². The summed E-state index contributed by atoms with van der Waals surface area (Å²) in [6.45, 7) is 4.93. The highest BCUT2D eigenvalue weighted by Crippen LogP contribution is 2.32. The van der Waals surface area contributed by atoms with E-state index in [9.17, 15) is 14.9 Å². The van der Waals surface area contributed by atoms with Crippen LogP contribution in [-0.2, 0) is 4.74 Å². The number of aromatic amines is 1. The van der Waals surface area contributed by atoms with E-state index in [1.54, 1.807) is 19.2 Å². The summed E-state index contributed by atoms with van der Waals surface area (Å²) in [5.41, 5.74) is 1.08. The van der Waals surface area contributed by atoms with Crippen LogP contribution < -0.4 is 15.8 Å². The molecule has 30 heavy (non-hydrogen) atoms. The number of rotatable bonds is 4. The number of hydrogen-bond acceptors (Lipinski definition) is 7. The summed E-state index contributed by atoms with van der Waals surface area (Å²) in [4.78, 5) is 36.6. The average Bonchev–Trinajstić information content (AvgIpc) is 2.72. The molecule has 2 saturated heterocycles. The molecule has 0 unspecified atom stereocenters. The number of H-pyrrole nitrogens is 1. The third kappa shape index (κ3) is 3.64. The van der Waals surface area contributed by atoms with E-state index in [2.05, 4.69) is 27.1 Å². The molecule has 2 aliphatic heterocycles. The number of likely N-dealkylation sites (tertiary alicyclic amines) is 1. The quantitative estimate of drug-likeness (QED) is 0.768. The van der Waals surface area contributed by atoms with E-state index in [4.69, 9.17) is 4.74 Å². The van der Waals surface area contributed by atoms with Crippen LogP contribution in [-0.4, -0.2) is 72.8 Å². The smallest absolute Gasteiger partial charge is 0.270 e. The Hall–Kier alpha value is -2.96. The van der Waals surface area contributed by atoms with E-state index in [0.717, 1.165) is 25.9 Å². The predicted molar refractivity (Wildman–Crippen MR) is 113 cm³/mol. The second kappa shape index (κ2) is 7.70. The lowest BCUT2D eigenvalue weighted by Crippen LogP contribution is -2.57. The Bertz CT molecular complexity index is 1070. The lowest BCUT2D eigenvalue weighted by Gasteiger charge is -2.39.